The largest absolute Gasteiger partial charge is 0.422 e. The number of aryl methyl sites for hydroxylation is 1. The van der Waals surface area contributed by atoms with Crippen molar-refractivity contribution in [2.75, 3.05) is 18.3 Å². The molecule has 0 aliphatic rings. The van der Waals surface area contributed by atoms with Crippen LogP contribution in [-0.4, -0.2) is 35.1 Å². The highest BCUT2D eigenvalue weighted by Gasteiger charge is 2.61. The van der Waals surface area contributed by atoms with E-state index in [1.807, 2.05) is 0 Å². The number of halogens is 4. The van der Waals surface area contributed by atoms with Crippen molar-refractivity contribution in [3.8, 4) is 0 Å². The number of alkyl halides is 3. The summed E-state index contributed by atoms with van der Waals surface area (Å²) in [5, 5.41) is 11.1. The molecule has 0 fully saturated rings. The van der Waals surface area contributed by atoms with Gasteiger partial charge in [-0.05, 0) is 43.7 Å². The molecule has 3 rings (SSSR count). The van der Waals surface area contributed by atoms with Gasteiger partial charge in [-0.2, -0.15) is 13.2 Å². The van der Waals surface area contributed by atoms with Crippen molar-refractivity contribution in [1.82, 2.24) is 4.98 Å². The Morgan fingerprint density at radius 3 is 2.37 bits per heavy atom. The minimum atomic E-state index is -5.16. The van der Waals surface area contributed by atoms with Gasteiger partial charge in [0, 0.05) is 17.7 Å². The van der Waals surface area contributed by atoms with Crippen LogP contribution in [0.2, 0.25) is 0 Å². The van der Waals surface area contributed by atoms with Crippen LogP contribution < -0.4 is 5.12 Å². The first-order chi connectivity index (χ1) is 14.2. The molecule has 1 heterocycles. The number of hydrogen-bond donors (Lipinski definition) is 1. The first-order valence-electron chi connectivity index (χ1n) is 9.42. The SMILES string of the molecule is CCOCC(O)(C(c1ccccc1)N(F)c1cccc2nc(C)ccc12)C(F)(F)F. The maximum absolute atomic E-state index is 15.9. The Morgan fingerprint density at radius 1 is 1.03 bits per heavy atom. The van der Waals surface area contributed by atoms with Crippen molar-refractivity contribution < 1.29 is 27.5 Å². The molecule has 4 nitrogen and oxygen atoms in total. The normalized spacial score (nSPS) is 15.0. The van der Waals surface area contributed by atoms with Crippen molar-refractivity contribution in [2.45, 2.75) is 31.7 Å². The zero-order valence-electron chi connectivity index (χ0n) is 16.5. The molecule has 1 aromatic heterocycles. The number of nitrogens with zero attached hydrogens (tertiary/aromatic N) is 2. The summed E-state index contributed by atoms with van der Waals surface area (Å²) >= 11 is 0. The van der Waals surface area contributed by atoms with Crippen molar-refractivity contribution in [3.63, 3.8) is 0 Å². The zero-order chi connectivity index (χ0) is 21.9. The lowest BCUT2D eigenvalue weighted by Crippen LogP contribution is -2.57. The summed E-state index contributed by atoms with van der Waals surface area (Å²) in [6.45, 7) is 2.08. The van der Waals surface area contributed by atoms with Gasteiger partial charge in [0.25, 0.3) is 0 Å². The number of aromatic nitrogens is 1. The third-order valence-electron chi connectivity index (χ3n) is 4.89. The predicted molar refractivity (Wildman–Crippen MR) is 107 cm³/mol. The minimum absolute atomic E-state index is 0.0405. The van der Waals surface area contributed by atoms with Gasteiger partial charge in [-0.1, -0.05) is 40.9 Å². The molecule has 8 heteroatoms. The molecule has 0 spiro atoms. The zero-order valence-corrected chi connectivity index (χ0v) is 16.5. The Bertz CT molecular complexity index is 997. The summed E-state index contributed by atoms with van der Waals surface area (Å²) in [6.07, 6.45) is -5.16. The van der Waals surface area contributed by atoms with Gasteiger partial charge in [0.2, 0.25) is 5.60 Å². The van der Waals surface area contributed by atoms with Crippen LogP contribution in [-0.2, 0) is 4.74 Å². The fraction of sp³-hybridized carbons (Fsp3) is 0.318. The topological polar surface area (TPSA) is 45.6 Å². The van der Waals surface area contributed by atoms with Gasteiger partial charge in [-0.15, -0.1) is 0 Å². The van der Waals surface area contributed by atoms with Gasteiger partial charge in [0.05, 0.1) is 17.8 Å². The Morgan fingerprint density at radius 2 is 1.73 bits per heavy atom. The number of pyridine rings is 1. The molecule has 0 aliphatic heterocycles. The molecule has 2 aromatic carbocycles. The second-order valence-electron chi connectivity index (χ2n) is 6.98. The second kappa shape index (κ2) is 8.57. The van der Waals surface area contributed by atoms with Gasteiger partial charge >= 0.3 is 6.18 Å². The molecule has 0 bridgehead atoms. The Balaban J connectivity index is 2.21. The number of aliphatic hydroxyl groups is 1. The third kappa shape index (κ3) is 4.11. The highest BCUT2D eigenvalue weighted by molar-refractivity contribution is 5.91. The molecule has 1 N–H and O–H groups in total. The fourth-order valence-corrected chi connectivity index (χ4v) is 3.37. The lowest BCUT2D eigenvalue weighted by molar-refractivity contribution is -0.286. The number of rotatable bonds is 7. The molecule has 160 valence electrons. The smallest absolute Gasteiger partial charge is 0.378 e. The van der Waals surface area contributed by atoms with Gasteiger partial charge < -0.3 is 9.84 Å². The van der Waals surface area contributed by atoms with Crippen molar-refractivity contribution >= 4 is 16.6 Å². The molecule has 2 atom stereocenters. The number of fused-ring (bicyclic) bond motifs is 1. The van der Waals surface area contributed by atoms with Crippen LogP contribution >= 0.6 is 0 Å². The molecule has 0 saturated carbocycles. The number of anilines is 1. The molecule has 30 heavy (non-hydrogen) atoms. The van der Waals surface area contributed by atoms with E-state index in [1.54, 1.807) is 31.2 Å². The second-order valence-corrected chi connectivity index (χ2v) is 6.98. The van der Waals surface area contributed by atoms with Gasteiger partial charge in [-0.3, -0.25) is 4.98 Å². The van der Waals surface area contributed by atoms with E-state index in [-0.39, 0.29) is 23.0 Å². The van der Waals surface area contributed by atoms with E-state index in [1.165, 1.54) is 43.3 Å². The monoisotopic (exact) mass is 422 g/mol. The van der Waals surface area contributed by atoms with E-state index in [0.717, 1.165) is 0 Å². The van der Waals surface area contributed by atoms with Crippen molar-refractivity contribution in [1.29, 1.82) is 0 Å². The lowest BCUT2D eigenvalue weighted by atomic mass is 9.87. The summed E-state index contributed by atoms with van der Waals surface area (Å²) in [5.74, 6) is 0. The Kier molecular flexibility index (Phi) is 6.28. The van der Waals surface area contributed by atoms with Gasteiger partial charge in [-0.25, -0.2) is 5.12 Å². The summed E-state index contributed by atoms with van der Waals surface area (Å²) in [7, 11) is 0. The van der Waals surface area contributed by atoms with Crippen LogP contribution in [0, 0.1) is 6.92 Å². The minimum Gasteiger partial charge on any atom is -0.378 e. The quantitative estimate of drug-likeness (QED) is 0.414. The molecule has 0 radical (unpaired) electrons. The van der Waals surface area contributed by atoms with E-state index >= 15 is 4.48 Å². The summed E-state index contributed by atoms with van der Waals surface area (Å²) in [6, 6.07) is 12.9. The average molecular weight is 422 g/mol. The van der Waals surface area contributed by atoms with Crippen LogP contribution in [0.3, 0.4) is 0 Å². The van der Waals surface area contributed by atoms with Crippen molar-refractivity contribution in [3.05, 3.63) is 71.9 Å². The first kappa shape index (κ1) is 22.0. The van der Waals surface area contributed by atoms with Crippen LogP contribution in [0.25, 0.3) is 10.9 Å². The van der Waals surface area contributed by atoms with E-state index in [9.17, 15) is 18.3 Å². The molecule has 0 aliphatic carbocycles. The molecule has 3 aromatic rings. The molecule has 0 saturated heterocycles. The van der Waals surface area contributed by atoms with Gasteiger partial charge in [0.1, 0.15) is 6.04 Å². The predicted octanol–water partition coefficient (Wildman–Crippen LogP) is 5.31. The van der Waals surface area contributed by atoms with Crippen LogP contribution in [0.4, 0.5) is 23.3 Å². The van der Waals surface area contributed by atoms with Gasteiger partial charge in [0.15, 0.2) is 0 Å². The van der Waals surface area contributed by atoms with E-state index in [0.29, 0.717) is 16.6 Å². The number of benzene rings is 2. The first-order valence-corrected chi connectivity index (χ1v) is 9.42. The highest BCUT2D eigenvalue weighted by atomic mass is 19.4. The standard InChI is InChI=1S/C22H22F4N2O2/c1-3-30-14-21(29,22(23,24)25)20(16-8-5-4-6-9-16)28(26)19-11-7-10-18-17(19)13-12-15(2)27-18/h4-13,20,29H,3,14H2,1-2H3. The molecular weight excluding hydrogens is 400 g/mol. The molecular formula is C22H22F4N2O2. The number of ether oxygens (including phenoxy) is 1. The van der Waals surface area contributed by atoms with E-state index in [2.05, 4.69) is 4.98 Å². The highest BCUT2D eigenvalue weighted by Crippen LogP contribution is 2.46. The molecule has 0 amide bonds. The fourth-order valence-electron chi connectivity index (χ4n) is 3.37. The average Bonchev–Trinajstić information content (AvgIpc) is 2.71. The third-order valence-corrected chi connectivity index (χ3v) is 4.89. The van der Waals surface area contributed by atoms with Crippen LogP contribution in [0.1, 0.15) is 24.2 Å². The maximum Gasteiger partial charge on any atom is 0.422 e. The summed E-state index contributed by atoms with van der Waals surface area (Å²) in [5.41, 5.74) is -2.56. The molecule has 2 unspecified atom stereocenters. The number of hydrogen-bond acceptors (Lipinski definition) is 4. The summed E-state index contributed by atoms with van der Waals surface area (Å²) < 4.78 is 63.0. The Hall–Kier alpha value is -2.71. The summed E-state index contributed by atoms with van der Waals surface area (Å²) in [4.78, 5) is 4.31. The van der Waals surface area contributed by atoms with E-state index < -0.39 is 24.4 Å². The van der Waals surface area contributed by atoms with E-state index in [4.69, 9.17) is 4.74 Å². The van der Waals surface area contributed by atoms with Crippen LogP contribution in [0.5, 0.6) is 0 Å². The lowest BCUT2D eigenvalue weighted by Gasteiger charge is -2.40. The Labute approximate surface area is 171 Å². The maximum atomic E-state index is 15.9. The van der Waals surface area contributed by atoms with Crippen molar-refractivity contribution in [2.24, 2.45) is 0 Å². The van der Waals surface area contributed by atoms with Crippen LogP contribution in [0.15, 0.2) is 60.7 Å².